The van der Waals surface area contributed by atoms with Gasteiger partial charge in [-0.25, -0.2) is 8.78 Å². The van der Waals surface area contributed by atoms with E-state index in [-0.39, 0.29) is 17.0 Å². The van der Waals surface area contributed by atoms with Gasteiger partial charge in [0.2, 0.25) is 0 Å². The molecule has 0 saturated carbocycles. The Kier molecular flexibility index (Phi) is 7.09. The van der Waals surface area contributed by atoms with Gasteiger partial charge in [0.15, 0.2) is 0 Å². The summed E-state index contributed by atoms with van der Waals surface area (Å²) in [7, 11) is 0. The Morgan fingerprint density at radius 2 is 1.95 bits per heavy atom. The fourth-order valence-corrected chi connectivity index (χ4v) is 2.43. The lowest BCUT2D eigenvalue weighted by Gasteiger charge is -2.16. The third-order valence-electron chi connectivity index (χ3n) is 3.02. The Balaban J connectivity index is 2.71. The number of benzene rings is 1. The molecule has 1 aromatic rings. The van der Waals surface area contributed by atoms with Crippen LogP contribution in [-0.4, -0.2) is 24.2 Å². The minimum Gasteiger partial charge on any atom is -0.396 e. The van der Waals surface area contributed by atoms with E-state index in [0.717, 1.165) is 25.0 Å². The minimum atomic E-state index is -0.899. The second-order valence-corrected chi connectivity index (χ2v) is 5.54. The van der Waals surface area contributed by atoms with Crippen molar-refractivity contribution >= 4 is 21.8 Å². The summed E-state index contributed by atoms with van der Waals surface area (Å²) in [4.78, 5) is 11.8. The van der Waals surface area contributed by atoms with Crippen molar-refractivity contribution < 1.29 is 18.7 Å². The number of carbonyl (C=O) groups excluding carboxylic acids is 1. The molecule has 1 amide bonds. The van der Waals surface area contributed by atoms with Gasteiger partial charge >= 0.3 is 0 Å². The molecule has 0 heterocycles. The predicted molar refractivity (Wildman–Crippen MR) is 76.5 cm³/mol. The number of aliphatic hydroxyl groups is 1. The highest BCUT2D eigenvalue weighted by molar-refractivity contribution is 9.10. The van der Waals surface area contributed by atoms with Crippen molar-refractivity contribution in [1.29, 1.82) is 0 Å². The van der Waals surface area contributed by atoms with Crippen LogP contribution in [0.5, 0.6) is 0 Å². The Morgan fingerprint density at radius 1 is 1.35 bits per heavy atom. The van der Waals surface area contributed by atoms with Crippen LogP contribution < -0.4 is 5.32 Å². The topological polar surface area (TPSA) is 49.3 Å². The van der Waals surface area contributed by atoms with Crippen LogP contribution in [0.4, 0.5) is 8.78 Å². The van der Waals surface area contributed by atoms with Crippen molar-refractivity contribution in [2.75, 3.05) is 13.2 Å². The van der Waals surface area contributed by atoms with Gasteiger partial charge in [-0.1, -0.05) is 29.3 Å². The lowest BCUT2D eigenvalue weighted by Crippen LogP contribution is -2.31. The summed E-state index contributed by atoms with van der Waals surface area (Å²) in [6.45, 7) is 2.32. The van der Waals surface area contributed by atoms with Gasteiger partial charge < -0.3 is 10.4 Å². The quantitative estimate of drug-likeness (QED) is 0.793. The Bertz CT molecular complexity index is 439. The number of hydrogen-bond acceptors (Lipinski definition) is 2. The third kappa shape index (κ3) is 4.83. The van der Waals surface area contributed by atoms with E-state index in [1.54, 1.807) is 0 Å². The van der Waals surface area contributed by atoms with Gasteiger partial charge in [-0.2, -0.15) is 0 Å². The maximum absolute atomic E-state index is 13.6. The molecule has 0 aromatic heterocycles. The van der Waals surface area contributed by atoms with E-state index >= 15 is 0 Å². The maximum atomic E-state index is 13.6. The molecule has 0 radical (unpaired) electrons. The van der Waals surface area contributed by atoms with Gasteiger partial charge in [0.25, 0.3) is 5.91 Å². The smallest absolute Gasteiger partial charge is 0.257 e. The monoisotopic (exact) mass is 349 g/mol. The molecule has 0 aliphatic heterocycles. The molecule has 0 spiro atoms. The molecular formula is C14H18BrF2NO2. The van der Waals surface area contributed by atoms with Gasteiger partial charge in [-0.05, 0) is 30.9 Å². The molecule has 1 aromatic carbocycles. The van der Waals surface area contributed by atoms with Gasteiger partial charge in [-0.15, -0.1) is 0 Å². The summed E-state index contributed by atoms with van der Waals surface area (Å²) in [5.74, 6) is -2.46. The maximum Gasteiger partial charge on any atom is 0.257 e. The summed E-state index contributed by atoms with van der Waals surface area (Å²) < 4.78 is 27.5. The Labute approximate surface area is 125 Å². The predicted octanol–water partition coefficient (Wildman–Crippen LogP) is 3.26. The molecule has 0 fully saturated rings. The van der Waals surface area contributed by atoms with E-state index in [9.17, 15) is 13.6 Å². The van der Waals surface area contributed by atoms with E-state index in [4.69, 9.17) is 5.11 Å². The molecule has 3 nitrogen and oxygen atoms in total. The largest absolute Gasteiger partial charge is 0.396 e. The number of aliphatic hydroxyl groups excluding tert-OH is 1. The Morgan fingerprint density at radius 3 is 2.45 bits per heavy atom. The van der Waals surface area contributed by atoms with Crippen LogP contribution in [0.2, 0.25) is 0 Å². The number of amides is 1. The number of rotatable bonds is 7. The summed E-state index contributed by atoms with van der Waals surface area (Å²) in [5.41, 5.74) is -0.576. The fraction of sp³-hybridized carbons (Fsp3) is 0.500. The summed E-state index contributed by atoms with van der Waals surface area (Å²) in [5, 5.41) is 11.5. The molecule has 2 N–H and O–H groups in total. The van der Waals surface area contributed by atoms with Crippen molar-refractivity contribution in [2.24, 2.45) is 5.92 Å². The van der Waals surface area contributed by atoms with Crippen LogP contribution in [0.15, 0.2) is 16.6 Å². The van der Waals surface area contributed by atoms with E-state index in [2.05, 4.69) is 21.2 Å². The zero-order valence-electron chi connectivity index (χ0n) is 11.3. The van der Waals surface area contributed by atoms with Crippen LogP contribution in [0.1, 0.15) is 36.5 Å². The first kappa shape index (κ1) is 17.0. The number of hydrogen-bond donors (Lipinski definition) is 2. The van der Waals surface area contributed by atoms with E-state index in [0.29, 0.717) is 13.0 Å². The number of carbonyl (C=O) groups is 1. The van der Waals surface area contributed by atoms with Crippen molar-refractivity contribution in [3.63, 3.8) is 0 Å². The van der Waals surface area contributed by atoms with Gasteiger partial charge in [0.05, 0.1) is 0 Å². The van der Waals surface area contributed by atoms with Crippen LogP contribution in [0, 0.1) is 17.6 Å². The molecule has 20 heavy (non-hydrogen) atoms. The summed E-state index contributed by atoms with van der Waals surface area (Å²) >= 11 is 2.96. The van der Waals surface area contributed by atoms with Crippen LogP contribution in [0.25, 0.3) is 0 Å². The minimum absolute atomic E-state index is 0.0293. The van der Waals surface area contributed by atoms with Crippen LogP contribution in [-0.2, 0) is 0 Å². The first-order valence-electron chi connectivity index (χ1n) is 6.53. The normalized spacial score (nSPS) is 12.2. The standard InChI is InChI=1S/C14H18BrF2NO2/c1-2-3-9(4-5-19)8-18-14(20)13-11(16)6-10(15)7-12(13)17/h6-7,9,19H,2-5,8H2,1H3,(H,18,20). The van der Waals surface area contributed by atoms with Gasteiger partial charge in [0, 0.05) is 17.6 Å². The van der Waals surface area contributed by atoms with Crippen molar-refractivity contribution in [3.8, 4) is 0 Å². The Hall–Kier alpha value is -1.01. The number of nitrogens with one attached hydrogen (secondary N) is 1. The van der Waals surface area contributed by atoms with Crippen molar-refractivity contribution in [1.82, 2.24) is 5.32 Å². The highest BCUT2D eigenvalue weighted by Gasteiger charge is 2.19. The second kappa shape index (κ2) is 8.32. The van der Waals surface area contributed by atoms with Gasteiger partial charge in [-0.3, -0.25) is 4.79 Å². The van der Waals surface area contributed by atoms with E-state index in [1.807, 2.05) is 6.92 Å². The molecule has 6 heteroatoms. The zero-order valence-corrected chi connectivity index (χ0v) is 12.8. The SMILES string of the molecule is CCCC(CCO)CNC(=O)c1c(F)cc(Br)cc1F. The average molecular weight is 350 g/mol. The summed E-state index contributed by atoms with van der Waals surface area (Å²) in [6, 6.07) is 2.10. The van der Waals surface area contributed by atoms with E-state index < -0.39 is 23.1 Å². The van der Waals surface area contributed by atoms with Gasteiger partial charge in [0.1, 0.15) is 17.2 Å². The molecule has 0 bridgehead atoms. The average Bonchev–Trinajstić information content (AvgIpc) is 2.35. The molecule has 1 rings (SSSR count). The van der Waals surface area contributed by atoms with Crippen LogP contribution in [0.3, 0.4) is 0 Å². The zero-order chi connectivity index (χ0) is 15.1. The third-order valence-corrected chi connectivity index (χ3v) is 3.48. The lowest BCUT2D eigenvalue weighted by atomic mass is 10.00. The molecule has 0 aliphatic carbocycles. The lowest BCUT2D eigenvalue weighted by molar-refractivity contribution is 0.0934. The molecule has 1 atom stereocenters. The van der Waals surface area contributed by atoms with E-state index in [1.165, 1.54) is 0 Å². The second-order valence-electron chi connectivity index (χ2n) is 4.62. The van der Waals surface area contributed by atoms with Crippen molar-refractivity contribution in [2.45, 2.75) is 26.2 Å². The first-order valence-corrected chi connectivity index (χ1v) is 7.32. The number of halogens is 3. The highest BCUT2D eigenvalue weighted by Crippen LogP contribution is 2.19. The molecular weight excluding hydrogens is 332 g/mol. The molecule has 1 unspecified atom stereocenters. The molecule has 112 valence electrons. The van der Waals surface area contributed by atoms with Crippen LogP contribution >= 0.6 is 15.9 Å². The first-order chi connectivity index (χ1) is 9.49. The van der Waals surface area contributed by atoms with Crippen molar-refractivity contribution in [3.05, 3.63) is 33.8 Å². The fourth-order valence-electron chi connectivity index (χ4n) is 2.02. The molecule has 0 saturated heterocycles. The molecule has 0 aliphatic rings. The highest BCUT2D eigenvalue weighted by atomic mass is 79.9. The summed E-state index contributed by atoms with van der Waals surface area (Å²) in [6.07, 6.45) is 2.31.